The molecule has 8 heteroatoms. The Bertz CT molecular complexity index is 697. The van der Waals surface area contributed by atoms with E-state index in [0.717, 1.165) is 5.56 Å². The van der Waals surface area contributed by atoms with E-state index < -0.39 is 0 Å². The molecule has 8 nitrogen and oxygen atoms in total. The number of amides is 1. The number of aromatic nitrogens is 3. The largest absolute Gasteiger partial charge is 0.360 e. The fourth-order valence-corrected chi connectivity index (χ4v) is 2.15. The lowest BCUT2D eigenvalue weighted by Crippen LogP contribution is -2.22. The summed E-state index contributed by atoms with van der Waals surface area (Å²) in [5.74, 6) is 1.65. The number of aldehydes is 1. The molecule has 0 saturated carbocycles. The molecule has 0 aromatic carbocycles. The van der Waals surface area contributed by atoms with Gasteiger partial charge in [-0.25, -0.2) is 9.97 Å². The van der Waals surface area contributed by atoms with Crippen LogP contribution in [0.4, 0.5) is 11.6 Å². The molecule has 1 aliphatic heterocycles. The molecule has 2 aromatic rings. The fraction of sp³-hybridized carbons (Fsp3) is 0.308. The Morgan fingerprint density at radius 3 is 3.05 bits per heavy atom. The minimum Gasteiger partial charge on any atom is -0.360 e. The quantitative estimate of drug-likeness (QED) is 0.816. The summed E-state index contributed by atoms with van der Waals surface area (Å²) >= 11 is 0. The van der Waals surface area contributed by atoms with Gasteiger partial charge < -0.3 is 15.2 Å². The van der Waals surface area contributed by atoms with E-state index in [0.29, 0.717) is 36.5 Å². The van der Waals surface area contributed by atoms with Crippen molar-refractivity contribution in [1.82, 2.24) is 15.1 Å². The number of nitrogens with one attached hydrogen (secondary N) is 2. The minimum absolute atomic E-state index is 0.0499. The van der Waals surface area contributed by atoms with Gasteiger partial charge in [0.05, 0.1) is 6.04 Å². The molecular formula is C13H13N5O3. The van der Waals surface area contributed by atoms with Gasteiger partial charge in [-0.2, -0.15) is 0 Å². The van der Waals surface area contributed by atoms with E-state index in [4.69, 9.17) is 4.52 Å². The number of nitrogens with zero attached hydrogens (tertiary/aromatic N) is 3. The molecule has 3 heterocycles. The lowest BCUT2D eigenvalue weighted by molar-refractivity contribution is -0.116. The minimum atomic E-state index is -0.220. The highest BCUT2D eigenvalue weighted by Crippen LogP contribution is 2.28. The van der Waals surface area contributed by atoms with Gasteiger partial charge in [0.25, 0.3) is 0 Å². The van der Waals surface area contributed by atoms with E-state index in [9.17, 15) is 9.59 Å². The second-order valence-corrected chi connectivity index (χ2v) is 4.74. The van der Waals surface area contributed by atoms with Gasteiger partial charge in [0.2, 0.25) is 5.91 Å². The molecule has 0 saturated heterocycles. The van der Waals surface area contributed by atoms with Gasteiger partial charge >= 0.3 is 0 Å². The van der Waals surface area contributed by atoms with Crippen LogP contribution in [0.15, 0.2) is 16.9 Å². The Balaban J connectivity index is 1.83. The van der Waals surface area contributed by atoms with Crippen molar-refractivity contribution in [1.29, 1.82) is 0 Å². The molecule has 0 radical (unpaired) electrons. The monoisotopic (exact) mass is 287 g/mol. The van der Waals surface area contributed by atoms with Crippen molar-refractivity contribution in [3.63, 3.8) is 0 Å². The maximum atomic E-state index is 11.4. The third-order valence-corrected chi connectivity index (χ3v) is 3.25. The Morgan fingerprint density at radius 2 is 2.29 bits per heavy atom. The predicted molar refractivity (Wildman–Crippen MR) is 72.9 cm³/mol. The zero-order valence-electron chi connectivity index (χ0n) is 11.3. The van der Waals surface area contributed by atoms with Crippen LogP contribution < -0.4 is 10.6 Å². The van der Waals surface area contributed by atoms with Crippen LogP contribution in [0.25, 0.3) is 0 Å². The summed E-state index contributed by atoms with van der Waals surface area (Å²) in [6.45, 7) is 1.87. The first kappa shape index (κ1) is 13.2. The zero-order chi connectivity index (χ0) is 14.8. The molecular weight excluding hydrogens is 274 g/mol. The van der Waals surface area contributed by atoms with Gasteiger partial charge in [-0.3, -0.25) is 9.59 Å². The molecule has 21 heavy (non-hydrogen) atoms. The SMILES string of the molecule is C[C@@H](Nc1ncnc2c1CCC(=O)N2)c1cc(C=O)no1. The summed E-state index contributed by atoms with van der Waals surface area (Å²) < 4.78 is 5.09. The van der Waals surface area contributed by atoms with Crippen molar-refractivity contribution >= 4 is 23.8 Å². The summed E-state index contributed by atoms with van der Waals surface area (Å²) in [5, 5.41) is 9.52. The first-order chi connectivity index (χ1) is 10.2. The van der Waals surface area contributed by atoms with Crippen molar-refractivity contribution in [2.45, 2.75) is 25.8 Å². The highest BCUT2D eigenvalue weighted by atomic mass is 16.5. The van der Waals surface area contributed by atoms with Crippen LogP contribution in [-0.2, 0) is 11.2 Å². The second-order valence-electron chi connectivity index (χ2n) is 4.74. The number of fused-ring (bicyclic) bond motifs is 1. The van der Waals surface area contributed by atoms with Crippen LogP contribution in [0, 0.1) is 0 Å². The highest BCUT2D eigenvalue weighted by molar-refractivity contribution is 5.93. The first-order valence-corrected chi connectivity index (χ1v) is 6.49. The molecule has 0 aliphatic carbocycles. The summed E-state index contributed by atoms with van der Waals surface area (Å²) in [6, 6.07) is 1.35. The summed E-state index contributed by atoms with van der Waals surface area (Å²) in [6.07, 6.45) is 2.99. The molecule has 108 valence electrons. The standard InChI is InChI=1S/C13H13N5O3/c1-7(10-4-8(5-19)18-21-10)16-12-9-2-3-11(20)17-13(9)15-6-14-12/h4-7H,2-3H2,1H3,(H2,14,15,16,17,20)/t7-/m1/s1. The van der Waals surface area contributed by atoms with Crippen molar-refractivity contribution in [2.75, 3.05) is 10.6 Å². The molecule has 1 aliphatic rings. The lowest BCUT2D eigenvalue weighted by Gasteiger charge is -2.20. The van der Waals surface area contributed by atoms with Gasteiger partial charge in [0.15, 0.2) is 12.0 Å². The molecule has 0 spiro atoms. The third-order valence-electron chi connectivity index (χ3n) is 3.25. The van der Waals surface area contributed by atoms with E-state index in [2.05, 4.69) is 25.8 Å². The van der Waals surface area contributed by atoms with Crippen LogP contribution in [0.1, 0.15) is 41.2 Å². The van der Waals surface area contributed by atoms with Crippen molar-refractivity contribution < 1.29 is 14.1 Å². The van der Waals surface area contributed by atoms with Crippen LogP contribution in [0.3, 0.4) is 0 Å². The van der Waals surface area contributed by atoms with E-state index in [-0.39, 0.29) is 17.6 Å². The Kier molecular flexibility index (Phi) is 3.35. The number of carbonyl (C=O) groups is 2. The molecule has 1 amide bonds. The number of anilines is 2. The average Bonchev–Trinajstić information content (AvgIpc) is 2.96. The van der Waals surface area contributed by atoms with E-state index >= 15 is 0 Å². The number of hydrogen-bond acceptors (Lipinski definition) is 7. The first-order valence-electron chi connectivity index (χ1n) is 6.49. The normalized spacial score (nSPS) is 15.0. The highest BCUT2D eigenvalue weighted by Gasteiger charge is 2.21. The lowest BCUT2D eigenvalue weighted by atomic mass is 10.1. The Hall–Kier alpha value is -2.77. The molecule has 0 bridgehead atoms. The van der Waals surface area contributed by atoms with Crippen LogP contribution in [0.5, 0.6) is 0 Å². The maximum Gasteiger partial charge on any atom is 0.225 e. The maximum absolute atomic E-state index is 11.4. The van der Waals surface area contributed by atoms with Crippen LogP contribution in [-0.4, -0.2) is 27.3 Å². The van der Waals surface area contributed by atoms with Gasteiger partial charge in [0, 0.05) is 18.1 Å². The van der Waals surface area contributed by atoms with Gasteiger partial charge in [0.1, 0.15) is 23.7 Å². The van der Waals surface area contributed by atoms with Crippen molar-refractivity contribution in [3.05, 3.63) is 29.4 Å². The van der Waals surface area contributed by atoms with E-state index in [1.807, 2.05) is 6.92 Å². The number of rotatable bonds is 4. The summed E-state index contributed by atoms with van der Waals surface area (Å²) in [4.78, 5) is 30.3. The molecule has 2 N–H and O–H groups in total. The van der Waals surface area contributed by atoms with Gasteiger partial charge in [-0.05, 0) is 13.3 Å². The van der Waals surface area contributed by atoms with E-state index in [1.165, 1.54) is 6.33 Å². The fourth-order valence-electron chi connectivity index (χ4n) is 2.15. The third kappa shape index (κ3) is 2.60. The molecule has 0 unspecified atom stereocenters. The molecule has 0 fully saturated rings. The van der Waals surface area contributed by atoms with Crippen molar-refractivity contribution in [2.24, 2.45) is 0 Å². The Morgan fingerprint density at radius 1 is 1.43 bits per heavy atom. The van der Waals surface area contributed by atoms with Gasteiger partial charge in [-0.15, -0.1) is 0 Å². The van der Waals surface area contributed by atoms with Crippen LogP contribution >= 0.6 is 0 Å². The number of carbonyl (C=O) groups excluding carboxylic acids is 2. The van der Waals surface area contributed by atoms with Crippen LogP contribution in [0.2, 0.25) is 0 Å². The smallest absolute Gasteiger partial charge is 0.225 e. The molecule has 1 atom stereocenters. The van der Waals surface area contributed by atoms with Crippen molar-refractivity contribution in [3.8, 4) is 0 Å². The topological polar surface area (TPSA) is 110 Å². The predicted octanol–water partition coefficient (Wildman–Crippen LogP) is 1.33. The Labute approximate surface area is 119 Å². The summed E-state index contributed by atoms with van der Waals surface area (Å²) in [5.41, 5.74) is 1.11. The molecule has 3 rings (SSSR count). The van der Waals surface area contributed by atoms with E-state index in [1.54, 1.807) is 6.07 Å². The number of hydrogen-bond donors (Lipinski definition) is 2. The van der Waals surface area contributed by atoms with Gasteiger partial charge in [-0.1, -0.05) is 5.16 Å². The molecule has 2 aromatic heterocycles. The zero-order valence-corrected chi connectivity index (χ0v) is 11.3. The second kappa shape index (κ2) is 5.31. The average molecular weight is 287 g/mol. The summed E-state index contributed by atoms with van der Waals surface area (Å²) in [7, 11) is 0.